The highest BCUT2D eigenvalue weighted by molar-refractivity contribution is 8.00. The third kappa shape index (κ3) is 6.64. The summed E-state index contributed by atoms with van der Waals surface area (Å²) in [6, 6.07) is 5.86. The number of rotatable bonds is 6. The SMILES string of the molecule is CCNCc1ccc(SCC(=O)OC(C)(C)C)cc1Cl. The molecule has 0 amide bonds. The standard InChI is InChI=1S/C15H22ClNO2S/c1-5-17-9-11-6-7-12(8-13(11)16)20-10-14(18)19-15(2,3)4/h6-8,17H,5,9-10H2,1-4H3. The third-order valence-corrected chi connectivity index (χ3v) is 3.69. The number of halogens is 1. The molecule has 0 aliphatic heterocycles. The van der Waals surface area contributed by atoms with E-state index in [4.69, 9.17) is 16.3 Å². The average Bonchev–Trinajstić information content (AvgIpc) is 2.33. The predicted molar refractivity (Wildman–Crippen MR) is 85.4 cm³/mol. The molecule has 0 radical (unpaired) electrons. The number of ether oxygens (including phenoxy) is 1. The van der Waals surface area contributed by atoms with Gasteiger partial charge in [0, 0.05) is 16.5 Å². The number of carbonyl (C=O) groups is 1. The van der Waals surface area contributed by atoms with E-state index in [0.717, 1.165) is 28.6 Å². The van der Waals surface area contributed by atoms with Crippen LogP contribution in [-0.4, -0.2) is 23.9 Å². The summed E-state index contributed by atoms with van der Waals surface area (Å²) < 4.78 is 5.26. The number of hydrogen-bond donors (Lipinski definition) is 1. The molecule has 0 aliphatic carbocycles. The Balaban J connectivity index is 2.53. The monoisotopic (exact) mass is 315 g/mol. The van der Waals surface area contributed by atoms with Crippen molar-refractivity contribution in [3.63, 3.8) is 0 Å². The Labute approximate surface area is 130 Å². The van der Waals surface area contributed by atoms with Crippen molar-refractivity contribution in [1.29, 1.82) is 0 Å². The first-order chi connectivity index (χ1) is 9.31. The predicted octanol–water partition coefficient (Wildman–Crippen LogP) is 3.88. The molecule has 1 rings (SSSR count). The van der Waals surface area contributed by atoms with Crippen LogP contribution in [0.1, 0.15) is 33.3 Å². The molecule has 0 spiro atoms. The first-order valence-corrected chi connectivity index (χ1v) is 8.02. The van der Waals surface area contributed by atoms with Crippen molar-refractivity contribution in [2.75, 3.05) is 12.3 Å². The van der Waals surface area contributed by atoms with Gasteiger partial charge in [-0.3, -0.25) is 4.79 Å². The van der Waals surface area contributed by atoms with E-state index >= 15 is 0 Å². The highest BCUT2D eigenvalue weighted by Crippen LogP contribution is 2.25. The van der Waals surface area contributed by atoms with Crippen LogP contribution in [0, 0.1) is 0 Å². The molecular weight excluding hydrogens is 294 g/mol. The molecule has 3 nitrogen and oxygen atoms in total. The summed E-state index contributed by atoms with van der Waals surface area (Å²) >= 11 is 7.65. The minimum absolute atomic E-state index is 0.213. The maximum Gasteiger partial charge on any atom is 0.316 e. The van der Waals surface area contributed by atoms with Crippen molar-refractivity contribution in [3.8, 4) is 0 Å². The average molecular weight is 316 g/mol. The van der Waals surface area contributed by atoms with Crippen LogP contribution < -0.4 is 5.32 Å². The smallest absolute Gasteiger partial charge is 0.316 e. The van der Waals surface area contributed by atoms with E-state index in [9.17, 15) is 4.79 Å². The van der Waals surface area contributed by atoms with E-state index in [1.54, 1.807) is 0 Å². The van der Waals surface area contributed by atoms with Crippen LogP contribution in [0.2, 0.25) is 5.02 Å². The normalized spacial score (nSPS) is 11.4. The first kappa shape index (κ1) is 17.3. The molecular formula is C15H22ClNO2S. The van der Waals surface area contributed by atoms with Gasteiger partial charge in [0.05, 0.1) is 5.75 Å². The lowest BCUT2D eigenvalue weighted by Crippen LogP contribution is -2.24. The minimum Gasteiger partial charge on any atom is -0.459 e. The zero-order chi connectivity index (χ0) is 15.2. The molecule has 0 saturated carbocycles. The maximum absolute atomic E-state index is 11.6. The van der Waals surface area contributed by atoms with Gasteiger partial charge in [0.15, 0.2) is 0 Å². The largest absolute Gasteiger partial charge is 0.459 e. The van der Waals surface area contributed by atoms with Crippen LogP contribution in [0.4, 0.5) is 0 Å². The molecule has 1 aromatic carbocycles. The van der Waals surface area contributed by atoms with Crippen molar-refractivity contribution in [3.05, 3.63) is 28.8 Å². The van der Waals surface area contributed by atoms with Gasteiger partial charge in [-0.05, 0) is 45.0 Å². The highest BCUT2D eigenvalue weighted by Gasteiger charge is 2.16. The van der Waals surface area contributed by atoms with Crippen LogP contribution in [0.15, 0.2) is 23.1 Å². The van der Waals surface area contributed by atoms with Crippen LogP contribution in [0.5, 0.6) is 0 Å². The molecule has 20 heavy (non-hydrogen) atoms. The van der Waals surface area contributed by atoms with E-state index in [2.05, 4.69) is 12.2 Å². The van der Waals surface area contributed by atoms with E-state index in [0.29, 0.717) is 5.75 Å². The second-order valence-corrected chi connectivity index (χ2v) is 6.86. The Kier molecular flexibility index (Phi) is 6.86. The molecule has 0 aliphatic rings. The van der Waals surface area contributed by atoms with Crippen LogP contribution in [-0.2, 0) is 16.1 Å². The summed E-state index contributed by atoms with van der Waals surface area (Å²) in [6.45, 7) is 9.31. The molecule has 0 atom stereocenters. The van der Waals surface area contributed by atoms with Crippen molar-refractivity contribution in [2.24, 2.45) is 0 Å². The summed E-state index contributed by atoms with van der Waals surface area (Å²) in [6.07, 6.45) is 0. The van der Waals surface area contributed by atoms with Gasteiger partial charge in [0.2, 0.25) is 0 Å². The van der Waals surface area contributed by atoms with Crippen LogP contribution in [0.3, 0.4) is 0 Å². The molecule has 112 valence electrons. The third-order valence-electron chi connectivity index (χ3n) is 2.37. The van der Waals surface area contributed by atoms with Crippen LogP contribution >= 0.6 is 23.4 Å². The minimum atomic E-state index is -0.440. The number of hydrogen-bond acceptors (Lipinski definition) is 4. The summed E-state index contributed by atoms with van der Waals surface area (Å²) in [5.74, 6) is 0.0792. The Bertz CT molecular complexity index is 458. The van der Waals surface area contributed by atoms with Gasteiger partial charge in [-0.25, -0.2) is 0 Å². The lowest BCUT2D eigenvalue weighted by molar-refractivity contribution is -0.151. The zero-order valence-electron chi connectivity index (χ0n) is 12.5. The number of carbonyl (C=O) groups excluding carboxylic acids is 1. The molecule has 0 bridgehead atoms. The molecule has 0 saturated heterocycles. The summed E-state index contributed by atoms with van der Waals surface area (Å²) in [5, 5.41) is 3.96. The second-order valence-electron chi connectivity index (χ2n) is 5.41. The van der Waals surface area contributed by atoms with Gasteiger partial charge in [-0.2, -0.15) is 0 Å². The molecule has 5 heteroatoms. The fraction of sp³-hybridized carbons (Fsp3) is 0.533. The Morgan fingerprint density at radius 1 is 1.40 bits per heavy atom. The molecule has 0 fully saturated rings. The Morgan fingerprint density at radius 2 is 2.10 bits per heavy atom. The molecule has 0 unspecified atom stereocenters. The van der Waals surface area contributed by atoms with Crippen molar-refractivity contribution in [1.82, 2.24) is 5.32 Å². The fourth-order valence-electron chi connectivity index (χ4n) is 1.53. The molecule has 0 aromatic heterocycles. The summed E-state index contributed by atoms with van der Waals surface area (Å²) in [5.41, 5.74) is 0.625. The number of benzene rings is 1. The van der Waals surface area contributed by atoms with Crippen molar-refractivity contribution in [2.45, 2.75) is 44.7 Å². The van der Waals surface area contributed by atoms with E-state index in [-0.39, 0.29) is 5.97 Å². The quantitative estimate of drug-likeness (QED) is 0.638. The van der Waals surface area contributed by atoms with E-state index in [1.165, 1.54) is 11.8 Å². The number of esters is 1. The zero-order valence-corrected chi connectivity index (χ0v) is 14.0. The van der Waals surface area contributed by atoms with Gasteiger partial charge in [-0.15, -0.1) is 11.8 Å². The van der Waals surface area contributed by atoms with Crippen molar-refractivity contribution >= 4 is 29.3 Å². The van der Waals surface area contributed by atoms with Gasteiger partial charge < -0.3 is 10.1 Å². The Morgan fingerprint density at radius 3 is 2.65 bits per heavy atom. The number of nitrogens with one attached hydrogen (secondary N) is 1. The first-order valence-electron chi connectivity index (χ1n) is 6.65. The highest BCUT2D eigenvalue weighted by atomic mass is 35.5. The second kappa shape index (κ2) is 7.91. The van der Waals surface area contributed by atoms with Crippen molar-refractivity contribution < 1.29 is 9.53 Å². The summed E-state index contributed by atoms with van der Waals surface area (Å²) in [4.78, 5) is 12.6. The lowest BCUT2D eigenvalue weighted by atomic mass is 10.2. The van der Waals surface area contributed by atoms with Gasteiger partial charge in [-0.1, -0.05) is 24.6 Å². The van der Waals surface area contributed by atoms with Gasteiger partial charge >= 0.3 is 5.97 Å². The van der Waals surface area contributed by atoms with Crippen LogP contribution in [0.25, 0.3) is 0 Å². The van der Waals surface area contributed by atoms with Gasteiger partial charge in [0.25, 0.3) is 0 Å². The van der Waals surface area contributed by atoms with E-state index < -0.39 is 5.60 Å². The summed E-state index contributed by atoms with van der Waals surface area (Å²) in [7, 11) is 0. The number of thioether (sulfide) groups is 1. The lowest BCUT2D eigenvalue weighted by Gasteiger charge is -2.19. The van der Waals surface area contributed by atoms with Gasteiger partial charge in [0.1, 0.15) is 5.60 Å². The molecule has 1 N–H and O–H groups in total. The fourth-order valence-corrected chi connectivity index (χ4v) is 2.56. The molecule has 1 aromatic rings. The Hall–Kier alpha value is -0.710. The maximum atomic E-state index is 11.6. The van der Waals surface area contributed by atoms with E-state index in [1.807, 2.05) is 39.0 Å². The molecule has 0 heterocycles. The topological polar surface area (TPSA) is 38.3 Å².